The minimum absolute atomic E-state index is 0.229. The van der Waals surface area contributed by atoms with Crippen molar-refractivity contribution in [2.75, 3.05) is 5.32 Å². The predicted molar refractivity (Wildman–Crippen MR) is 177 cm³/mol. The molecular weight excluding hydrogens is 583 g/mol. The molecular formula is C37H29FN4O2S. The van der Waals surface area contributed by atoms with E-state index in [1.807, 2.05) is 116 Å². The molecule has 0 unspecified atom stereocenters. The molecule has 0 saturated carbocycles. The first-order chi connectivity index (χ1) is 21.9. The fourth-order valence-electron chi connectivity index (χ4n) is 5.87. The maximum atomic E-state index is 14.5. The molecule has 2 aromatic heterocycles. The quantitative estimate of drug-likeness (QED) is 0.239. The van der Waals surface area contributed by atoms with E-state index in [2.05, 4.69) is 5.32 Å². The van der Waals surface area contributed by atoms with Gasteiger partial charge in [-0.05, 0) is 49.8 Å². The van der Waals surface area contributed by atoms with E-state index >= 15 is 0 Å². The number of nitrogens with zero attached hydrogens (tertiary/aromatic N) is 3. The van der Waals surface area contributed by atoms with Crippen LogP contribution >= 0.6 is 11.3 Å². The van der Waals surface area contributed by atoms with Crippen molar-refractivity contribution >= 4 is 39.9 Å². The van der Waals surface area contributed by atoms with Gasteiger partial charge in [0.15, 0.2) is 4.80 Å². The van der Waals surface area contributed by atoms with Crippen LogP contribution in [-0.4, -0.2) is 15.0 Å². The van der Waals surface area contributed by atoms with Gasteiger partial charge in [0.25, 0.3) is 11.5 Å². The fourth-order valence-corrected chi connectivity index (χ4v) is 6.91. The Balaban J connectivity index is 1.36. The minimum Gasteiger partial charge on any atom is -0.342 e. The largest absolute Gasteiger partial charge is 0.342 e. The summed E-state index contributed by atoms with van der Waals surface area (Å²) in [6, 6.07) is 31.1. The molecule has 0 saturated heterocycles. The van der Waals surface area contributed by atoms with Crippen molar-refractivity contribution in [1.29, 1.82) is 0 Å². The molecule has 4 aromatic carbocycles. The van der Waals surface area contributed by atoms with E-state index < -0.39 is 6.04 Å². The first-order valence-corrected chi connectivity index (χ1v) is 15.5. The average molecular weight is 613 g/mol. The number of thiazole rings is 1. The number of nitrogens with one attached hydrogen (secondary N) is 1. The van der Waals surface area contributed by atoms with Gasteiger partial charge in [-0.1, -0.05) is 95.8 Å². The van der Waals surface area contributed by atoms with Crippen molar-refractivity contribution in [2.24, 2.45) is 4.99 Å². The summed E-state index contributed by atoms with van der Waals surface area (Å²) in [5, 5.41) is 3.94. The maximum absolute atomic E-state index is 14.5. The number of anilines is 1. The van der Waals surface area contributed by atoms with Gasteiger partial charge >= 0.3 is 0 Å². The molecule has 6 nitrogen and oxygen atoms in total. The Hall–Kier alpha value is -5.34. The van der Waals surface area contributed by atoms with Gasteiger partial charge in [-0.15, -0.1) is 0 Å². The number of fused-ring (bicyclic) bond motifs is 2. The lowest BCUT2D eigenvalue weighted by Crippen LogP contribution is -2.40. The maximum Gasteiger partial charge on any atom is 0.271 e. The van der Waals surface area contributed by atoms with Crippen LogP contribution in [0.15, 0.2) is 130 Å². The number of allylic oxidation sites excluding steroid dienone is 1. The van der Waals surface area contributed by atoms with Crippen LogP contribution in [-0.2, 0) is 11.3 Å². The number of carbonyl (C=O) groups is 1. The summed E-state index contributed by atoms with van der Waals surface area (Å²) >= 11 is 1.30. The third-order valence-corrected chi connectivity index (χ3v) is 9.08. The second kappa shape index (κ2) is 11.6. The van der Waals surface area contributed by atoms with E-state index in [1.54, 1.807) is 16.7 Å². The summed E-state index contributed by atoms with van der Waals surface area (Å²) in [6.07, 6.45) is 3.83. The van der Waals surface area contributed by atoms with Crippen molar-refractivity contribution < 1.29 is 9.18 Å². The van der Waals surface area contributed by atoms with E-state index in [-0.39, 0.29) is 17.3 Å². The SMILES string of the molecule is CC1=C(C(=O)Nc2ccccc2)[C@H](c2ccc(C)cc2)n2c(s/c(=C\c3cn(Cc4ccccc4F)c4ccccc34)c2=O)=N1. The Morgan fingerprint density at radius 2 is 1.64 bits per heavy atom. The highest BCUT2D eigenvalue weighted by Gasteiger charge is 2.32. The van der Waals surface area contributed by atoms with E-state index in [0.717, 1.165) is 27.6 Å². The number of halogens is 1. The summed E-state index contributed by atoms with van der Waals surface area (Å²) in [5.74, 6) is -0.567. The average Bonchev–Trinajstić information content (AvgIpc) is 3.54. The number of benzene rings is 4. The second-order valence-electron chi connectivity index (χ2n) is 11.1. The summed E-state index contributed by atoms with van der Waals surface area (Å²) in [6.45, 7) is 4.17. The van der Waals surface area contributed by atoms with Crippen LogP contribution in [0.5, 0.6) is 0 Å². The zero-order valence-electron chi connectivity index (χ0n) is 24.7. The number of para-hydroxylation sites is 2. The Kier molecular flexibility index (Phi) is 7.35. The number of rotatable bonds is 6. The molecule has 1 atom stereocenters. The molecule has 1 N–H and O–H groups in total. The molecule has 1 aliphatic heterocycles. The zero-order chi connectivity index (χ0) is 31.1. The van der Waals surface area contributed by atoms with Crippen LogP contribution in [0.1, 0.15) is 35.2 Å². The highest BCUT2D eigenvalue weighted by Crippen LogP contribution is 2.31. The Morgan fingerprint density at radius 1 is 0.933 bits per heavy atom. The lowest BCUT2D eigenvalue weighted by molar-refractivity contribution is -0.113. The van der Waals surface area contributed by atoms with E-state index in [9.17, 15) is 14.0 Å². The van der Waals surface area contributed by atoms with E-state index in [0.29, 0.717) is 38.4 Å². The predicted octanol–water partition coefficient (Wildman–Crippen LogP) is 6.32. The summed E-state index contributed by atoms with van der Waals surface area (Å²) < 4.78 is 18.7. The van der Waals surface area contributed by atoms with Crippen molar-refractivity contribution in [3.05, 3.63) is 168 Å². The van der Waals surface area contributed by atoms with E-state index in [4.69, 9.17) is 4.99 Å². The molecule has 0 bridgehead atoms. The highest BCUT2D eigenvalue weighted by atomic mass is 32.1. The summed E-state index contributed by atoms with van der Waals surface area (Å²) in [5.41, 5.74) is 5.68. The first-order valence-electron chi connectivity index (χ1n) is 14.6. The fraction of sp³-hybridized carbons (Fsp3) is 0.108. The number of carbonyl (C=O) groups excluding carboxylic acids is 1. The van der Waals surface area contributed by atoms with Crippen molar-refractivity contribution in [1.82, 2.24) is 9.13 Å². The van der Waals surface area contributed by atoms with Gasteiger partial charge < -0.3 is 9.88 Å². The molecule has 45 heavy (non-hydrogen) atoms. The van der Waals surface area contributed by atoms with Gasteiger partial charge in [-0.25, -0.2) is 9.38 Å². The van der Waals surface area contributed by atoms with Crippen LogP contribution in [0.4, 0.5) is 10.1 Å². The topological polar surface area (TPSA) is 68.4 Å². The number of aromatic nitrogens is 2. The molecule has 0 aliphatic carbocycles. The lowest BCUT2D eigenvalue weighted by atomic mass is 9.94. The molecule has 0 radical (unpaired) electrons. The van der Waals surface area contributed by atoms with Gasteiger partial charge in [0.1, 0.15) is 5.82 Å². The smallest absolute Gasteiger partial charge is 0.271 e. The van der Waals surface area contributed by atoms with Gasteiger partial charge in [0, 0.05) is 33.9 Å². The molecule has 1 aliphatic rings. The number of amides is 1. The molecule has 6 aromatic rings. The van der Waals surface area contributed by atoms with Gasteiger partial charge in [0.2, 0.25) is 0 Å². The van der Waals surface area contributed by atoms with Crippen LogP contribution in [0.3, 0.4) is 0 Å². The van der Waals surface area contributed by atoms with Crippen LogP contribution in [0, 0.1) is 12.7 Å². The van der Waals surface area contributed by atoms with Crippen molar-refractivity contribution in [3.8, 4) is 0 Å². The van der Waals surface area contributed by atoms with Crippen LogP contribution in [0.25, 0.3) is 17.0 Å². The van der Waals surface area contributed by atoms with Gasteiger partial charge in [-0.3, -0.25) is 14.2 Å². The number of aryl methyl sites for hydroxylation is 1. The lowest BCUT2D eigenvalue weighted by Gasteiger charge is -2.25. The molecule has 8 heteroatoms. The molecule has 222 valence electrons. The molecule has 1 amide bonds. The van der Waals surface area contributed by atoms with Gasteiger partial charge in [0.05, 0.1) is 28.4 Å². The Bertz CT molecular complexity index is 2300. The second-order valence-corrected chi connectivity index (χ2v) is 12.1. The number of hydrogen-bond donors (Lipinski definition) is 1. The third-order valence-electron chi connectivity index (χ3n) is 8.10. The Morgan fingerprint density at radius 3 is 2.42 bits per heavy atom. The molecule has 0 spiro atoms. The van der Waals surface area contributed by atoms with Gasteiger partial charge in [-0.2, -0.15) is 0 Å². The summed E-state index contributed by atoms with van der Waals surface area (Å²) in [4.78, 5) is 33.3. The zero-order valence-corrected chi connectivity index (χ0v) is 25.5. The molecule has 7 rings (SSSR count). The normalized spacial score (nSPS) is 14.8. The molecule has 0 fully saturated rings. The highest BCUT2D eigenvalue weighted by molar-refractivity contribution is 7.07. The molecule has 3 heterocycles. The van der Waals surface area contributed by atoms with Crippen LogP contribution in [0.2, 0.25) is 0 Å². The minimum atomic E-state index is -0.657. The summed E-state index contributed by atoms with van der Waals surface area (Å²) in [7, 11) is 0. The first kappa shape index (κ1) is 28.4. The van der Waals surface area contributed by atoms with E-state index in [1.165, 1.54) is 17.4 Å². The standard InChI is InChI=1S/C37H29FN4O2S/c1-23-16-18-25(19-17-23)34-33(35(43)40-28-11-4-3-5-12-28)24(2)39-37-42(34)36(44)32(45-37)20-27-22-41(31-15-9-7-13-29(27)31)21-26-10-6-8-14-30(26)38/h3-20,22,34H,21H2,1-2H3,(H,40,43)/b32-20-/t34-/m0/s1. The monoisotopic (exact) mass is 612 g/mol. The Labute approximate surface area is 262 Å². The van der Waals surface area contributed by atoms with Crippen LogP contribution < -0.4 is 20.2 Å². The number of hydrogen-bond acceptors (Lipinski definition) is 4. The third kappa shape index (κ3) is 5.34. The van der Waals surface area contributed by atoms with Crippen molar-refractivity contribution in [2.45, 2.75) is 26.4 Å². The van der Waals surface area contributed by atoms with Crippen molar-refractivity contribution in [3.63, 3.8) is 0 Å².